The van der Waals surface area contributed by atoms with Crippen LogP contribution < -0.4 is 5.32 Å². The molecule has 0 spiro atoms. The number of hydrogen-bond acceptors (Lipinski definition) is 3. The Hall–Kier alpha value is -0.870. The van der Waals surface area contributed by atoms with Gasteiger partial charge in [-0.1, -0.05) is 6.92 Å². The van der Waals surface area contributed by atoms with Gasteiger partial charge in [-0.25, -0.2) is 4.98 Å². The van der Waals surface area contributed by atoms with Crippen LogP contribution in [0, 0.1) is 0 Å². The van der Waals surface area contributed by atoms with Crippen molar-refractivity contribution in [2.45, 2.75) is 32.4 Å². The summed E-state index contributed by atoms with van der Waals surface area (Å²) in [5.74, 6) is 1.02. The van der Waals surface area contributed by atoms with Gasteiger partial charge in [0.1, 0.15) is 5.82 Å². The number of rotatable bonds is 7. The Kier molecular flexibility index (Phi) is 3.75. The van der Waals surface area contributed by atoms with Gasteiger partial charge in [-0.15, -0.1) is 0 Å². The zero-order chi connectivity index (χ0) is 10.5. The molecule has 1 saturated carbocycles. The Balaban J connectivity index is 1.58. The second-order valence-electron chi connectivity index (χ2n) is 4.07. The van der Waals surface area contributed by atoms with Crippen molar-refractivity contribution >= 4 is 0 Å². The summed E-state index contributed by atoms with van der Waals surface area (Å²) < 4.78 is 0. The molecular weight excluding hydrogens is 188 g/mol. The molecule has 1 aromatic heterocycles. The summed E-state index contributed by atoms with van der Waals surface area (Å²) in [5, 5.41) is 3.40. The molecule has 0 amide bonds. The van der Waals surface area contributed by atoms with Gasteiger partial charge >= 0.3 is 0 Å². The van der Waals surface area contributed by atoms with Crippen LogP contribution in [0.4, 0.5) is 0 Å². The largest absolute Gasteiger partial charge is 0.348 e. The highest BCUT2D eigenvalue weighted by molar-refractivity contribution is 4.87. The molecular formula is C11H20N4. The van der Waals surface area contributed by atoms with Crippen molar-refractivity contribution in [1.82, 2.24) is 20.2 Å². The topological polar surface area (TPSA) is 44.0 Å². The van der Waals surface area contributed by atoms with E-state index in [1.54, 1.807) is 6.20 Å². The van der Waals surface area contributed by atoms with E-state index in [1.807, 2.05) is 6.20 Å². The maximum absolute atomic E-state index is 4.17. The maximum Gasteiger partial charge on any atom is 0.120 e. The van der Waals surface area contributed by atoms with Crippen LogP contribution in [-0.4, -0.2) is 40.5 Å². The van der Waals surface area contributed by atoms with Crippen molar-refractivity contribution in [3.05, 3.63) is 18.2 Å². The molecule has 0 aliphatic heterocycles. The smallest absolute Gasteiger partial charge is 0.120 e. The molecule has 0 unspecified atom stereocenters. The number of imidazole rings is 1. The fraction of sp³-hybridized carbons (Fsp3) is 0.727. The third-order valence-electron chi connectivity index (χ3n) is 2.89. The molecule has 1 aliphatic carbocycles. The lowest BCUT2D eigenvalue weighted by Crippen LogP contribution is -2.33. The van der Waals surface area contributed by atoms with Gasteiger partial charge in [0.25, 0.3) is 0 Å². The molecule has 84 valence electrons. The predicted molar refractivity (Wildman–Crippen MR) is 60.6 cm³/mol. The maximum atomic E-state index is 4.17. The standard InChI is InChI=1S/C11H20N4/c1-2-15(10-3-4-10)8-7-12-9-11-13-5-6-14-11/h5-6,10,12H,2-4,7-9H2,1H3,(H,13,14). The van der Waals surface area contributed by atoms with Crippen LogP contribution in [0.25, 0.3) is 0 Å². The lowest BCUT2D eigenvalue weighted by Gasteiger charge is -2.19. The van der Waals surface area contributed by atoms with Crippen LogP contribution in [-0.2, 0) is 6.54 Å². The van der Waals surface area contributed by atoms with Crippen molar-refractivity contribution in [1.29, 1.82) is 0 Å². The Labute approximate surface area is 91.1 Å². The number of nitrogens with zero attached hydrogens (tertiary/aromatic N) is 2. The molecule has 4 nitrogen and oxygen atoms in total. The summed E-state index contributed by atoms with van der Waals surface area (Å²) >= 11 is 0. The van der Waals surface area contributed by atoms with Gasteiger partial charge in [-0.3, -0.25) is 4.90 Å². The molecule has 1 aliphatic rings. The van der Waals surface area contributed by atoms with Crippen molar-refractivity contribution in [2.24, 2.45) is 0 Å². The highest BCUT2D eigenvalue weighted by atomic mass is 15.2. The van der Waals surface area contributed by atoms with Crippen molar-refractivity contribution in [3.8, 4) is 0 Å². The molecule has 0 saturated heterocycles. The first-order valence-corrected chi connectivity index (χ1v) is 5.83. The van der Waals surface area contributed by atoms with Crippen molar-refractivity contribution in [3.63, 3.8) is 0 Å². The average molecular weight is 208 g/mol. The van der Waals surface area contributed by atoms with Crippen LogP contribution >= 0.6 is 0 Å². The van der Waals surface area contributed by atoms with Gasteiger partial charge < -0.3 is 10.3 Å². The molecule has 1 fully saturated rings. The molecule has 1 heterocycles. The summed E-state index contributed by atoms with van der Waals surface area (Å²) in [6.45, 7) is 6.46. The summed E-state index contributed by atoms with van der Waals surface area (Å²) in [6.07, 6.45) is 6.44. The number of nitrogens with one attached hydrogen (secondary N) is 2. The fourth-order valence-electron chi connectivity index (χ4n) is 1.86. The SMILES string of the molecule is CCN(CCNCc1ncc[nH]1)C1CC1. The summed E-state index contributed by atoms with van der Waals surface area (Å²) in [7, 11) is 0. The van der Waals surface area contributed by atoms with Crippen LogP contribution in [0.3, 0.4) is 0 Å². The molecule has 0 atom stereocenters. The molecule has 0 aromatic carbocycles. The molecule has 0 bridgehead atoms. The van der Waals surface area contributed by atoms with Crippen molar-refractivity contribution in [2.75, 3.05) is 19.6 Å². The van der Waals surface area contributed by atoms with Crippen LogP contribution in [0.2, 0.25) is 0 Å². The Morgan fingerprint density at radius 3 is 3.07 bits per heavy atom. The fourth-order valence-corrected chi connectivity index (χ4v) is 1.86. The zero-order valence-electron chi connectivity index (χ0n) is 9.37. The minimum absolute atomic E-state index is 0.842. The number of aromatic amines is 1. The Morgan fingerprint density at radius 1 is 1.60 bits per heavy atom. The quantitative estimate of drug-likeness (QED) is 0.657. The Morgan fingerprint density at radius 2 is 2.47 bits per heavy atom. The second-order valence-corrected chi connectivity index (χ2v) is 4.07. The molecule has 1 aromatic rings. The molecule has 2 N–H and O–H groups in total. The van der Waals surface area contributed by atoms with Gasteiger partial charge in [0.05, 0.1) is 6.54 Å². The second kappa shape index (κ2) is 5.28. The minimum atomic E-state index is 0.842. The molecule has 0 radical (unpaired) electrons. The molecule has 2 rings (SSSR count). The van der Waals surface area contributed by atoms with Crippen LogP contribution in [0.15, 0.2) is 12.4 Å². The van der Waals surface area contributed by atoms with E-state index in [9.17, 15) is 0 Å². The van der Waals surface area contributed by atoms with Gasteiger partial charge in [0.15, 0.2) is 0 Å². The van der Waals surface area contributed by atoms with E-state index in [-0.39, 0.29) is 0 Å². The number of likely N-dealkylation sites (N-methyl/N-ethyl adjacent to an activating group) is 1. The minimum Gasteiger partial charge on any atom is -0.348 e. The van der Waals surface area contributed by atoms with E-state index in [0.29, 0.717) is 0 Å². The normalized spacial score (nSPS) is 16.1. The Bertz CT molecular complexity index is 266. The monoisotopic (exact) mass is 208 g/mol. The lowest BCUT2D eigenvalue weighted by molar-refractivity contribution is 0.276. The van der Waals surface area contributed by atoms with Crippen molar-refractivity contribution < 1.29 is 0 Å². The number of H-pyrrole nitrogens is 1. The first kappa shape index (κ1) is 10.6. The van der Waals surface area contributed by atoms with Gasteiger partial charge in [-0.05, 0) is 19.4 Å². The highest BCUT2D eigenvalue weighted by Crippen LogP contribution is 2.25. The third-order valence-corrected chi connectivity index (χ3v) is 2.89. The first-order valence-electron chi connectivity index (χ1n) is 5.83. The summed E-state index contributed by atoms with van der Waals surface area (Å²) in [5.41, 5.74) is 0. The number of aromatic nitrogens is 2. The van der Waals surface area contributed by atoms with E-state index in [4.69, 9.17) is 0 Å². The lowest BCUT2D eigenvalue weighted by atomic mass is 10.4. The number of hydrogen-bond donors (Lipinski definition) is 2. The zero-order valence-corrected chi connectivity index (χ0v) is 9.37. The highest BCUT2D eigenvalue weighted by Gasteiger charge is 2.26. The van der Waals surface area contributed by atoms with Crippen LogP contribution in [0.1, 0.15) is 25.6 Å². The van der Waals surface area contributed by atoms with E-state index in [1.165, 1.54) is 19.4 Å². The molecule has 15 heavy (non-hydrogen) atoms. The summed E-state index contributed by atoms with van der Waals surface area (Å²) in [4.78, 5) is 9.81. The van der Waals surface area contributed by atoms with E-state index >= 15 is 0 Å². The van der Waals surface area contributed by atoms with E-state index in [2.05, 4.69) is 27.1 Å². The van der Waals surface area contributed by atoms with E-state index < -0.39 is 0 Å². The predicted octanol–water partition coefficient (Wildman–Crippen LogP) is 0.984. The van der Waals surface area contributed by atoms with Gasteiger partial charge in [0.2, 0.25) is 0 Å². The summed E-state index contributed by atoms with van der Waals surface area (Å²) in [6, 6.07) is 0.875. The first-order chi connectivity index (χ1) is 7.40. The van der Waals surface area contributed by atoms with E-state index in [0.717, 1.165) is 31.5 Å². The van der Waals surface area contributed by atoms with Gasteiger partial charge in [0, 0.05) is 31.5 Å². The third kappa shape index (κ3) is 3.32. The van der Waals surface area contributed by atoms with Gasteiger partial charge in [-0.2, -0.15) is 0 Å². The average Bonchev–Trinajstić information content (AvgIpc) is 2.95. The van der Waals surface area contributed by atoms with Crippen LogP contribution in [0.5, 0.6) is 0 Å². The molecule has 4 heteroatoms.